The summed E-state index contributed by atoms with van der Waals surface area (Å²) in [7, 11) is 0. The third-order valence-electron chi connectivity index (χ3n) is 2.72. The maximum absolute atomic E-state index is 11.8. The van der Waals surface area contributed by atoms with Crippen LogP contribution in [-0.2, 0) is 0 Å². The van der Waals surface area contributed by atoms with E-state index in [1.165, 1.54) is 0 Å². The van der Waals surface area contributed by atoms with Crippen molar-refractivity contribution in [3.05, 3.63) is 23.8 Å². The van der Waals surface area contributed by atoms with E-state index >= 15 is 0 Å². The Labute approximate surface area is 111 Å². The molecule has 0 aromatic heterocycles. The van der Waals surface area contributed by atoms with E-state index in [-0.39, 0.29) is 19.1 Å². The first-order valence-corrected chi connectivity index (χ1v) is 6.17. The van der Waals surface area contributed by atoms with Crippen molar-refractivity contribution in [1.29, 1.82) is 0 Å². The number of amides is 1. The van der Waals surface area contributed by atoms with Gasteiger partial charge in [0.1, 0.15) is 0 Å². The van der Waals surface area contributed by atoms with Gasteiger partial charge in [-0.2, -0.15) is 0 Å². The Morgan fingerprint density at radius 2 is 2.05 bits per heavy atom. The highest BCUT2D eigenvalue weighted by Crippen LogP contribution is 2.30. The van der Waals surface area contributed by atoms with Crippen LogP contribution in [0, 0.1) is 0 Å². The number of fused-ring (bicyclic) bond motifs is 1. The fourth-order valence-electron chi connectivity index (χ4n) is 1.68. The summed E-state index contributed by atoms with van der Waals surface area (Å²) < 4.78 is 11.0. The molecule has 104 valence electrons. The third kappa shape index (κ3) is 3.59. The van der Waals surface area contributed by atoms with Crippen LogP contribution in [0.1, 0.15) is 16.8 Å². The van der Waals surface area contributed by atoms with Gasteiger partial charge in [-0.15, -0.1) is 0 Å². The maximum Gasteiger partial charge on any atom is 0.251 e. The summed E-state index contributed by atoms with van der Waals surface area (Å²) in [6.45, 7) is 0.772. The molecule has 0 bridgehead atoms. The summed E-state index contributed by atoms with van der Waals surface area (Å²) in [5, 5.41) is 20.4. The summed E-state index contributed by atoms with van der Waals surface area (Å²) in [5.74, 6) is 0.848. The molecule has 0 fully saturated rings. The van der Waals surface area contributed by atoms with E-state index in [2.05, 4.69) is 5.32 Å². The van der Waals surface area contributed by atoms with Gasteiger partial charge in [-0.3, -0.25) is 4.79 Å². The molecule has 1 aromatic rings. The molecule has 1 amide bonds. The Morgan fingerprint density at radius 1 is 1.32 bits per heavy atom. The summed E-state index contributed by atoms with van der Waals surface area (Å²) in [5.41, 5.74) is 0.425. The van der Waals surface area contributed by atoms with E-state index in [4.69, 9.17) is 14.6 Å². The quantitative estimate of drug-likeness (QED) is 0.711. The molecule has 6 heteroatoms. The number of carbonyl (C=O) groups excluding carboxylic acids is 1. The molecule has 2 rings (SSSR count). The molecule has 19 heavy (non-hydrogen) atoms. The minimum Gasteiger partial charge on any atom is -0.490 e. The molecule has 0 saturated carbocycles. The maximum atomic E-state index is 11.8. The minimum absolute atomic E-state index is 0.00375. The molecule has 0 saturated heterocycles. The van der Waals surface area contributed by atoms with E-state index in [0.717, 1.165) is 6.42 Å². The van der Waals surface area contributed by atoms with Crippen LogP contribution < -0.4 is 14.8 Å². The van der Waals surface area contributed by atoms with Gasteiger partial charge in [-0.25, -0.2) is 0 Å². The molecule has 1 aliphatic rings. The van der Waals surface area contributed by atoms with Crippen LogP contribution in [0.5, 0.6) is 11.5 Å². The number of ether oxygens (including phenoxy) is 2. The van der Waals surface area contributed by atoms with E-state index in [1.54, 1.807) is 18.2 Å². The number of aliphatic hydroxyl groups is 2. The lowest BCUT2D eigenvalue weighted by Crippen LogP contribution is -2.33. The average molecular weight is 267 g/mol. The van der Waals surface area contributed by atoms with Crippen molar-refractivity contribution in [3.63, 3.8) is 0 Å². The smallest absolute Gasteiger partial charge is 0.251 e. The first-order chi connectivity index (χ1) is 9.20. The zero-order valence-electron chi connectivity index (χ0n) is 10.5. The van der Waals surface area contributed by atoms with Crippen LogP contribution in [0.25, 0.3) is 0 Å². The average Bonchev–Trinajstić information content (AvgIpc) is 2.68. The van der Waals surface area contributed by atoms with E-state index in [0.29, 0.717) is 30.3 Å². The van der Waals surface area contributed by atoms with E-state index in [1.807, 2.05) is 0 Å². The summed E-state index contributed by atoms with van der Waals surface area (Å²) >= 11 is 0. The Balaban J connectivity index is 2.04. The zero-order chi connectivity index (χ0) is 13.7. The van der Waals surface area contributed by atoms with Crippen LogP contribution in [0.4, 0.5) is 0 Å². The van der Waals surface area contributed by atoms with Gasteiger partial charge in [0, 0.05) is 18.5 Å². The predicted octanol–water partition coefficient (Wildman–Crippen LogP) is -0.0691. The number of aliphatic hydroxyl groups excluding tert-OH is 2. The van der Waals surface area contributed by atoms with E-state index in [9.17, 15) is 9.90 Å². The fourth-order valence-corrected chi connectivity index (χ4v) is 1.68. The van der Waals surface area contributed by atoms with Crippen molar-refractivity contribution in [2.75, 3.05) is 26.4 Å². The second kappa shape index (κ2) is 6.40. The molecule has 0 spiro atoms. The standard InChI is InChI=1S/C13H17NO5/c15-8-10(16)7-14-13(17)9-2-3-11-12(6-9)19-5-1-4-18-11/h2-3,6,10,15-16H,1,4-5,7-8H2,(H,14,17). The van der Waals surface area contributed by atoms with Gasteiger partial charge in [0.05, 0.1) is 25.9 Å². The molecular weight excluding hydrogens is 250 g/mol. The van der Waals surface area contributed by atoms with Crippen LogP contribution in [0.3, 0.4) is 0 Å². The van der Waals surface area contributed by atoms with Crippen LogP contribution >= 0.6 is 0 Å². The van der Waals surface area contributed by atoms with Crippen molar-refractivity contribution >= 4 is 5.91 Å². The second-order valence-electron chi connectivity index (χ2n) is 4.26. The topological polar surface area (TPSA) is 88.0 Å². The molecule has 1 atom stereocenters. The Hall–Kier alpha value is -1.79. The van der Waals surface area contributed by atoms with Gasteiger partial charge in [0.15, 0.2) is 11.5 Å². The van der Waals surface area contributed by atoms with Crippen molar-refractivity contribution in [2.24, 2.45) is 0 Å². The number of benzene rings is 1. The number of hydrogen-bond donors (Lipinski definition) is 3. The molecule has 0 aliphatic carbocycles. The van der Waals surface area contributed by atoms with Crippen LogP contribution in [-0.4, -0.2) is 48.6 Å². The Bertz CT molecular complexity index is 449. The van der Waals surface area contributed by atoms with Crippen molar-refractivity contribution < 1.29 is 24.5 Å². The number of hydrogen-bond acceptors (Lipinski definition) is 5. The monoisotopic (exact) mass is 267 g/mol. The molecule has 1 heterocycles. The van der Waals surface area contributed by atoms with Gasteiger partial charge in [0.2, 0.25) is 0 Å². The fraction of sp³-hybridized carbons (Fsp3) is 0.462. The lowest BCUT2D eigenvalue weighted by atomic mass is 10.2. The first-order valence-electron chi connectivity index (χ1n) is 6.17. The van der Waals surface area contributed by atoms with E-state index < -0.39 is 6.10 Å². The van der Waals surface area contributed by atoms with Crippen molar-refractivity contribution in [2.45, 2.75) is 12.5 Å². The number of carbonyl (C=O) groups is 1. The summed E-state index contributed by atoms with van der Waals surface area (Å²) in [4.78, 5) is 11.8. The van der Waals surface area contributed by atoms with Crippen molar-refractivity contribution in [1.82, 2.24) is 5.32 Å². The van der Waals surface area contributed by atoms with Crippen LogP contribution in [0.2, 0.25) is 0 Å². The molecular formula is C13H17NO5. The van der Waals surface area contributed by atoms with Crippen LogP contribution in [0.15, 0.2) is 18.2 Å². The van der Waals surface area contributed by atoms with Gasteiger partial charge in [-0.05, 0) is 18.2 Å². The van der Waals surface area contributed by atoms with Gasteiger partial charge in [-0.1, -0.05) is 0 Å². The molecule has 1 aliphatic heterocycles. The minimum atomic E-state index is -0.954. The second-order valence-corrected chi connectivity index (χ2v) is 4.26. The lowest BCUT2D eigenvalue weighted by molar-refractivity contribution is 0.0801. The first kappa shape index (κ1) is 13.6. The molecule has 3 N–H and O–H groups in total. The zero-order valence-corrected chi connectivity index (χ0v) is 10.5. The van der Waals surface area contributed by atoms with Crippen molar-refractivity contribution in [3.8, 4) is 11.5 Å². The summed E-state index contributed by atoms with van der Waals surface area (Å²) in [6.07, 6.45) is -0.150. The highest BCUT2D eigenvalue weighted by Gasteiger charge is 2.14. The SMILES string of the molecule is O=C(NCC(O)CO)c1ccc2c(c1)OCCCO2. The molecule has 1 aromatic carbocycles. The molecule has 0 radical (unpaired) electrons. The largest absolute Gasteiger partial charge is 0.490 e. The molecule has 1 unspecified atom stereocenters. The normalized spacial score (nSPS) is 15.5. The highest BCUT2D eigenvalue weighted by molar-refractivity contribution is 5.94. The third-order valence-corrected chi connectivity index (χ3v) is 2.72. The lowest BCUT2D eigenvalue weighted by Gasteiger charge is -2.11. The Morgan fingerprint density at radius 3 is 2.79 bits per heavy atom. The summed E-state index contributed by atoms with van der Waals surface area (Å²) in [6, 6.07) is 4.94. The number of nitrogens with one attached hydrogen (secondary N) is 1. The Kier molecular flexibility index (Phi) is 4.59. The number of rotatable bonds is 4. The highest BCUT2D eigenvalue weighted by atomic mass is 16.5. The van der Waals surface area contributed by atoms with Gasteiger partial charge >= 0.3 is 0 Å². The predicted molar refractivity (Wildman–Crippen MR) is 67.5 cm³/mol. The molecule has 6 nitrogen and oxygen atoms in total. The van der Waals surface area contributed by atoms with Gasteiger partial charge in [0.25, 0.3) is 5.91 Å². The van der Waals surface area contributed by atoms with Gasteiger partial charge < -0.3 is 25.0 Å².